The average molecular weight is 251 g/mol. The Morgan fingerprint density at radius 2 is 2.06 bits per heavy atom. The van der Waals surface area contributed by atoms with Crippen LogP contribution < -0.4 is 0 Å². The van der Waals surface area contributed by atoms with E-state index in [4.69, 9.17) is 4.43 Å². The Bertz CT molecular complexity index is 449. The quantitative estimate of drug-likeness (QED) is 0.452. The van der Waals surface area contributed by atoms with Gasteiger partial charge >= 0.3 is 0 Å². The summed E-state index contributed by atoms with van der Waals surface area (Å²) in [6.45, 7) is 11.6. The summed E-state index contributed by atoms with van der Waals surface area (Å²) < 4.78 is 18.8. The van der Waals surface area contributed by atoms with E-state index in [9.17, 15) is 4.39 Å². The number of halogens is 1. The van der Waals surface area contributed by atoms with Crippen molar-refractivity contribution >= 4 is 14.5 Å². The third-order valence-electron chi connectivity index (χ3n) is 2.08. The molecule has 0 N–H and O–H groups in total. The lowest BCUT2D eigenvalue weighted by Gasteiger charge is -2.18. The van der Waals surface area contributed by atoms with Crippen LogP contribution in [0.2, 0.25) is 19.6 Å². The normalized spacial score (nSPS) is 11.8. The summed E-state index contributed by atoms with van der Waals surface area (Å²) in [6, 6.07) is 4.90. The van der Waals surface area contributed by atoms with Crippen LogP contribution >= 0.6 is 0 Å². The van der Waals surface area contributed by atoms with E-state index in [-0.39, 0.29) is 5.82 Å². The van der Waals surface area contributed by atoms with Gasteiger partial charge in [0, 0.05) is 6.21 Å². The molecule has 0 heterocycles. The van der Waals surface area contributed by atoms with E-state index in [1.807, 2.05) is 6.07 Å². The first-order valence-electron chi connectivity index (χ1n) is 5.47. The molecule has 0 aromatic heterocycles. The zero-order valence-electron chi connectivity index (χ0n) is 10.7. The second-order valence-corrected chi connectivity index (χ2v) is 9.25. The van der Waals surface area contributed by atoms with Gasteiger partial charge in [-0.1, -0.05) is 12.1 Å². The molecule has 17 heavy (non-hydrogen) atoms. The van der Waals surface area contributed by atoms with Gasteiger partial charge in [0.25, 0.3) is 0 Å². The third-order valence-corrected chi connectivity index (χ3v) is 2.93. The Morgan fingerprint density at radius 1 is 1.41 bits per heavy atom. The summed E-state index contributed by atoms with van der Waals surface area (Å²) in [5, 5.41) is 0. The smallest absolute Gasteiger partial charge is 0.244 e. The predicted molar refractivity (Wildman–Crippen MR) is 72.3 cm³/mol. The second-order valence-electron chi connectivity index (χ2n) is 4.82. The van der Waals surface area contributed by atoms with Gasteiger partial charge in [0.2, 0.25) is 8.32 Å². The van der Waals surface area contributed by atoms with Crippen LogP contribution in [-0.2, 0) is 4.43 Å². The largest absolute Gasteiger partial charge is 0.532 e. The average Bonchev–Trinajstić information content (AvgIpc) is 2.18. The van der Waals surface area contributed by atoms with E-state index in [0.717, 1.165) is 5.56 Å². The molecule has 0 fully saturated rings. The van der Waals surface area contributed by atoms with E-state index in [0.29, 0.717) is 11.4 Å². The highest BCUT2D eigenvalue weighted by atomic mass is 28.4. The predicted octanol–water partition coefficient (Wildman–Crippen LogP) is 3.88. The van der Waals surface area contributed by atoms with Crippen molar-refractivity contribution in [3.8, 4) is 0 Å². The third kappa shape index (κ3) is 4.52. The molecule has 0 atom stereocenters. The molecule has 0 amide bonds. The topological polar surface area (TPSA) is 21.6 Å². The molecule has 0 radical (unpaired) electrons. The Kier molecular flexibility index (Phi) is 4.23. The van der Waals surface area contributed by atoms with Crippen molar-refractivity contribution in [3.63, 3.8) is 0 Å². The number of hydrogen-bond donors (Lipinski definition) is 0. The molecule has 2 nitrogen and oxygen atoms in total. The van der Waals surface area contributed by atoms with Gasteiger partial charge in [0.05, 0.1) is 0 Å². The molecule has 0 saturated carbocycles. The molecule has 92 valence electrons. The van der Waals surface area contributed by atoms with Crippen LogP contribution in [0.4, 0.5) is 4.39 Å². The Morgan fingerprint density at radius 3 is 2.65 bits per heavy atom. The fraction of sp³-hybridized carbons (Fsp3) is 0.308. The lowest BCUT2D eigenvalue weighted by atomic mass is 10.1. The summed E-state index contributed by atoms with van der Waals surface area (Å²) >= 11 is 0. The molecular formula is C13H18FNOSi. The molecule has 1 aromatic rings. The number of nitrogens with zero attached hydrogens (tertiary/aromatic N) is 1. The summed E-state index contributed by atoms with van der Waals surface area (Å²) in [6.07, 6.45) is 1.58. The minimum absolute atomic E-state index is 0.231. The first kappa shape index (κ1) is 13.6. The zero-order valence-corrected chi connectivity index (χ0v) is 11.7. The summed E-state index contributed by atoms with van der Waals surface area (Å²) in [5.41, 5.74) is 1.32. The molecule has 0 unspecified atom stereocenters. The monoisotopic (exact) mass is 251 g/mol. The lowest BCUT2D eigenvalue weighted by Crippen LogP contribution is -2.24. The van der Waals surface area contributed by atoms with Crippen molar-refractivity contribution in [2.24, 2.45) is 4.99 Å². The highest BCUT2D eigenvalue weighted by molar-refractivity contribution is 6.70. The molecule has 0 bridgehead atoms. The van der Waals surface area contributed by atoms with E-state index in [1.165, 1.54) is 6.07 Å². The minimum Gasteiger partial charge on any atom is -0.532 e. The Hall–Kier alpha value is -1.42. The maximum Gasteiger partial charge on any atom is 0.244 e. The highest BCUT2D eigenvalue weighted by Gasteiger charge is 2.16. The Balaban J connectivity index is 2.78. The fourth-order valence-corrected chi connectivity index (χ4v) is 2.04. The summed E-state index contributed by atoms with van der Waals surface area (Å²) in [5.74, 6) is 0.151. The van der Waals surface area contributed by atoms with E-state index >= 15 is 0 Å². The number of rotatable bonds is 4. The molecular weight excluding hydrogens is 233 g/mol. The SMILES string of the molecule is C=C(/N=C/c1cccc(F)c1C)O[Si](C)(C)C. The maximum atomic E-state index is 13.3. The highest BCUT2D eigenvalue weighted by Crippen LogP contribution is 2.12. The van der Waals surface area contributed by atoms with Gasteiger partial charge in [-0.2, -0.15) is 0 Å². The van der Waals surface area contributed by atoms with Crippen LogP contribution in [0.25, 0.3) is 0 Å². The minimum atomic E-state index is -1.67. The van der Waals surface area contributed by atoms with Crippen LogP contribution in [0, 0.1) is 12.7 Å². The van der Waals surface area contributed by atoms with Gasteiger partial charge in [-0.15, -0.1) is 0 Å². The first-order valence-corrected chi connectivity index (χ1v) is 8.87. The standard InChI is InChI=1S/C13H18FNOSi/c1-10-12(7-6-8-13(10)14)9-15-11(2)16-17(3,4)5/h6-9H,2H2,1,3-5H3/b15-9+. The van der Waals surface area contributed by atoms with E-state index in [2.05, 4.69) is 31.2 Å². The number of aliphatic imine (C=N–C) groups is 1. The van der Waals surface area contributed by atoms with Gasteiger partial charge in [0.15, 0.2) is 5.88 Å². The van der Waals surface area contributed by atoms with Crippen molar-refractivity contribution in [2.75, 3.05) is 0 Å². The van der Waals surface area contributed by atoms with Gasteiger partial charge in [-0.25, -0.2) is 9.38 Å². The molecule has 0 spiro atoms. The summed E-state index contributed by atoms with van der Waals surface area (Å²) in [7, 11) is -1.67. The van der Waals surface area contributed by atoms with Crippen LogP contribution in [0.5, 0.6) is 0 Å². The summed E-state index contributed by atoms with van der Waals surface area (Å²) in [4.78, 5) is 4.11. The van der Waals surface area contributed by atoms with Crippen LogP contribution in [0.1, 0.15) is 11.1 Å². The molecule has 0 aliphatic carbocycles. The van der Waals surface area contributed by atoms with Gasteiger partial charge < -0.3 is 4.43 Å². The van der Waals surface area contributed by atoms with Gasteiger partial charge in [-0.05, 0) is 50.3 Å². The maximum absolute atomic E-state index is 13.3. The van der Waals surface area contributed by atoms with Crippen LogP contribution in [0.3, 0.4) is 0 Å². The first-order chi connectivity index (χ1) is 7.79. The second kappa shape index (κ2) is 5.27. The lowest BCUT2D eigenvalue weighted by molar-refractivity contribution is 0.421. The van der Waals surface area contributed by atoms with Crippen LogP contribution in [-0.4, -0.2) is 14.5 Å². The van der Waals surface area contributed by atoms with Crippen LogP contribution in [0.15, 0.2) is 35.7 Å². The van der Waals surface area contributed by atoms with Crippen molar-refractivity contribution in [3.05, 3.63) is 47.6 Å². The zero-order chi connectivity index (χ0) is 13.1. The Labute approximate surface area is 103 Å². The van der Waals surface area contributed by atoms with Gasteiger partial charge in [-0.3, -0.25) is 0 Å². The number of benzene rings is 1. The number of hydrogen-bond acceptors (Lipinski definition) is 2. The molecule has 1 rings (SSSR count). The molecule has 1 aromatic carbocycles. The van der Waals surface area contributed by atoms with Crippen molar-refractivity contribution in [1.29, 1.82) is 0 Å². The van der Waals surface area contributed by atoms with Gasteiger partial charge in [0.1, 0.15) is 5.82 Å². The molecule has 4 heteroatoms. The van der Waals surface area contributed by atoms with E-state index < -0.39 is 8.32 Å². The molecule has 0 aliphatic heterocycles. The van der Waals surface area contributed by atoms with E-state index in [1.54, 1.807) is 19.2 Å². The fourth-order valence-electron chi connectivity index (χ4n) is 1.29. The molecule has 0 saturated heterocycles. The van der Waals surface area contributed by atoms with Crippen molar-refractivity contribution < 1.29 is 8.82 Å². The molecule has 0 aliphatic rings. The van der Waals surface area contributed by atoms with Crippen molar-refractivity contribution in [1.82, 2.24) is 0 Å². The van der Waals surface area contributed by atoms with Crippen molar-refractivity contribution in [2.45, 2.75) is 26.6 Å².